The van der Waals surface area contributed by atoms with Gasteiger partial charge < -0.3 is 5.11 Å². The van der Waals surface area contributed by atoms with Crippen LogP contribution in [-0.4, -0.2) is 17.0 Å². The third-order valence-corrected chi connectivity index (χ3v) is 9.61. The van der Waals surface area contributed by atoms with E-state index in [1.807, 2.05) is 0 Å². The highest BCUT2D eigenvalue weighted by atomic mass is 35.5. The Morgan fingerprint density at radius 2 is 1.91 bits per heavy atom. The lowest BCUT2D eigenvalue weighted by Crippen LogP contribution is -2.53. The van der Waals surface area contributed by atoms with Crippen molar-refractivity contribution in [2.45, 2.75) is 71.3 Å². The van der Waals surface area contributed by atoms with Crippen molar-refractivity contribution in [1.29, 1.82) is 0 Å². The normalized spacial score (nSPS) is 57.5. The van der Waals surface area contributed by atoms with Gasteiger partial charge in [-0.15, -0.1) is 0 Å². The molecule has 5 aliphatic rings. The molecular weight excluding hydrogens is 308 g/mol. The summed E-state index contributed by atoms with van der Waals surface area (Å²) >= 11 is 6.46. The third-order valence-electron chi connectivity index (χ3n) is 9.18. The second kappa shape index (κ2) is 4.25. The van der Waals surface area contributed by atoms with E-state index < -0.39 is 0 Å². The Bertz CT molecular complexity index is 640. The van der Waals surface area contributed by atoms with Gasteiger partial charge in [0.25, 0.3) is 0 Å². The summed E-state index contributed by atoms with van der Waals surface area (Å²) in [6.45, 7) is 4.75. The van der Waals surface area contributed by atoms with Crippen LogP contribution in [0, 0.1) is 34.0 Å². The fraction of sp³-hybridized carbons (Fsp3) is 0.850. The van der Waals surface area contributed by atoms with Crippen LogP contribution in [0.2, 0.25) is 0 Å². The molecule has 0 aromatic rings. The number of allylic oxidation sites excluding steroid dienone is 1. The van der Waals surface area contributed by atoms with Crippen molar-refractivity contribution in [1.82, 2.24) is 0 Å². The summed E-state index contributed by atoms with van der Waals surface area (Å²) in [6.07, 6.45) is 8.41. The summed E-state index contributed by atoms with van der Waals surface area (Å²) < 4.78 is 0. The Kier molecular flexibility index (Phi) is 2.76. The fourth-order valence-corrected chi connectivity index (χ4v) is 8.26. The van der Waals surface area contributed by atoms with E-state index in [-0.39, 0.29) is 22.7 Å². The predicted octanol–water partition coefficient (Wildman–Crippen LogP) is 4.45. The Balaban J connectivity index is 1.59. The van der Waals surface area contributed by atoms with Crippen LogP contribution >= 0.6 is 11.6 Å². The number of aliphatic hydroxyl groups is 1. The average Bonchev–Trinajstić information content (AvgIpc) is 3.17. The van der Waals surface area contributed by atoms with E-state index in [4.69, 9.17) is 11.6 Å². The number of carbonyl (C=O) groups excluding carboxylic acids is 1. The first kappa shape index (κ1) is 15.0. The van der Waals surface area contributed by atoms with Crippen molar-refractivity contribution in [3.05, 3.63) is 10.6 Å². The minimum Gasteiger partial charge on any atom is -0.393 e. The van der Waals surface area contributed by atoms with Gasteiger partial charge >= 0.3 is 0 Å². The summed E-state index contributed by atoms with van der Waals surface area (Å²) in [5, 5.41) is 11.2. The van der Waals surface area contributed by atoms with Gasteiger partial charge in [-0.2, -0.15) is 0 Å². The summed E-state index contributed by atoms with van der Waals surface area (Å²) in [7, 11) is 0. The van der Waals surface area contributed by atoms with Gasteiger partial charge in [0, 0.05) is 6.42 Å². The Labute approximate surface area is 143 Å². The lowest BCUT2D eigenvalue weighted by Gasteiger charge is -2.59. The quantitative estimate of drug-likeness (QED) is 0.710. The van der Waals surface area contributed by atoms with Crippen molar-refractivity contribution in [3.63, 3.8) is 0 Å². The van der Waals surface area contributed by atoms with Crippen molar-refractivity contribution in [2.24, 2.45) is 34.0 Å². The van der Waals surface area contributed by atoms with Gasteiger partial charge in [-0.25, -0.2) is 0 Å². The molecule has 7 atom stereocenters. The summed E-state index contributed by atoms with van der Waals surface area (Å²) in [4.78, 5) is 12.1. The SMILES string of the molecule is C[C@]12CCC(=O)C(Cl)=C1CCC1C2CC[C@]2(C)[C@H](O)C[C@H]3C[C@]132. The lowest BCUT2D eigenvalue weighted by atomic mass is 9.45. The maximum absolute atomic E-state index is 12.1. The number of rotatable bonds is 0. The molecule has 1 spiro atoms. The van der Waals surface area contributed by atoms with Crippen molar-refractivity contribution < 1.29 is 9.90 Å². The highest BCUT2D eigenvalue weighted by Gasteiger charge is 2.77. The van der Waals surface area contributed by atoms with E-state index in [0.717, 1.165) is 37.5 Å². The molecule has 2 nitrogen and oxygen atoms in total. The molecule has 0 aromatic heterocycles. The summed E-state index contributed by atoms with van der Waals surface area (Å²) in [5.41, 5.74) is 1.94. The molecule has 0 saturated heterocycles. The van der Waals surface area contributed by atoms with Crippen LogP contribution in [0.15, 0.2) is 10.6 Å². The molecule has 0 radical (unpaired) electrons. The Hall–Kier alpha value is -0.340. The van der Waals surface area contributed by atoms with E-state index >= 15 is 0 Å². The van der Waals surface area contributed by atoms with E-state index in [9.17, 15) is 9.90 Å². The molecule has 0 aliphatic heterocycles. The molecule has 4 saturated carbocycles. The number of Topliss-reactive ketones (excluding diaryl/α,β-unsaturated/α-hetero) is 1. The molecule has 4 fully saturated rings. The first-order chi connectivity index (χ1) is 10.8. The topological polar surface area (TPSA) is 37.3 Å². The number of hydrogen-bond donors (Lipinski definition) is 1. The van der Waals surface area contributed by atoms with Crippen LogP contribution in [-0.2, 0) is 4.79 Å². The van der Waals surface area contributed by atoms with Crippen molar-refractivity contribution >= 4 is 17.4 Å². The van der Waals surface area contributed by atoms with Gasteiger partial charge in [0.1, 0.15) is 0 Å². The average molecular weight is 335 g/mol. The zero-order chi connectivity index (χ0) is 16.2. The van der Waals surface area contributed by atoms with Gasteiger partial charge in [0.2, 0.25) is 0 Å². The molecule has 1 N–H and O–H groups in total. The maximum Gasteiger partial charge on any atom is 0.174 e. The van der Waals surface area contributed by atoms with Crippen molar-refractivity contribution in [3.8, 4) is 0 Å². The number of halogens is 1. The minimum atomic E-state index is -0.0940. The molecular formula is C20H27ClO2. The van der Waals surface area contributed by atoms with Gasteiger partial charge in [0.05, 0.1) is 11.1 Å². The zero-order valence-electron chi connectivity index (χ0n) is 14.2. The molecule has 126 valence electrons. The van der Waals surface area contributed by atoms with Crippen LogP contribution in [0.5, 0.6) is 0 Å². The number of hydrogen-bond acceptors (Lipinski definition) is 2. The van der Waals surface area contributed by atoms with Crippen LogP contribution < -0.4 is 0 Å². The van der Waals surface area contributed by atoms with Crippen LogP contribution in [0.3, 0.4) is 0 Å². The summed E-state index contributed by atoms with van der Waals surface area (Å²) in [6, 6.07) is 0. The van der Waals surface area contributed by atoms with Crippen LogP contribution in [0.4, 0.5) is 0 Å². The van der Waals surface area contributed by atoms with E-state index in [2.05, 4.69) is 13.8 Å². The van der Waals surface area contributed by atoms with Crippen molar-refractivity contribution in [2.75, 3.05) is 0 Å². The van der Waals surface area contributed by atoms with Crippen LogP contribution in [0.25, 0.3) is 0 Å². The molecule has 0 bridgehead atoms. The lowest BCUT2D eigenvalue weighted by molar-refractivity contribution is -0.120. The largest absolute Gasteiger partial charge is 0.393 e. The van der Waals surface area contributed by atoms with Gasteiger partial charge in [-0.3, -0.25) is 4.79 Å². The predicted molar refractivity (Wildman–Crippen MR) is 89.9 cm³/mol. The second-order valence-corrected chi connectivity index (χ2v) is 9.91. The van der Waals surface area contributed by atoms with Crippen LogP contribution in [0.1, 0.15) is 65.2 Å². The first-order valence-electron chi connectivity index (χ1n) is 9.45. The van der Waals surface area contributed by atoms with Gasteiger partial charge in [0.15, 0.2) is 5.78 Å². The third kappa shape index (κ3) is 1.50. The van der Waals surface area contributed by atoms with E-state index in [1.54, 1.807) is 0 Å². The number of carbonyl (C=O) groups is 1. The van der Waals surface area contributed by atoms with E-state index in [0.29, 0.717) is 22.8 Å². The molecule has 2 unspecified atom stereocenters. The van der Waals surface area contributed by atoms with Gasteiger partial charge in [-0.1, -0.05) is 25.4 Å². The molecule has 0 amide bonds. The monoisotopic (exact) mass is 334 g/mol. The fourth-order valence-electron chi connectivity index (χ4n) is 7.85. The standard InChI is InChI=1S/C20H27ClO2/c1-18-7-6-15(22)17(21)14(18)4-3-13-12(18)5-8-19(2)16(23)9-11-10-20(11,13)19/h11-13,16,23H,3-10H2,1-2H3/t11-,12?,13?,16+,18+,19+,20+/m0/s1. The van der Waals surface area contributed by atoms with E-state index in [1.165, 1.54) is 24.8 Å². The number of aliphatic hydroxyl groups excluding tert-OH is 1. The second-order valence-electron chi connectivity index (χ2n) is 9.53. The summed E-state index contributed by atoms with van der Waals surface area (Å²) in [5.74, 6) is 2.31. The minimum absolute atomic E-state index is 0.0940. The molecule has 5 aliphatic carbocycles. The Morgan fingerprint density at radius 1 is 1.13 bits per heavy atom. The number of fused-ring (bicyclic) bond motifs is 3. The smallest absolute Gasteiger partial charge is 0.174 e. The van der Waals surface area contributed by atoms with Gasteiger partial charge in [-0.05, 0) is 84.5 Å². The zero-order valence-corrected chi connectivity index (χ0v) is 15.0. The Morgan fingerprint density at radius 3 is 2.70 bits per heavy atom. The molecule has 3 heteroatoms. The highest BCUT2D eigenvalue weighted by molar-refractivity contribution is 6.43. The number of ketones is 1. The molecule has 0 aromatic carbocycles. The molecule has 0 heterocycles. The molecule has 5 rings (SSSR count). The first-order valence-corrected chi connectivity index (χ1v) is 9.83. The maximum atomic E-state index is 12.1. The highest BCUT2D eigenvalue weighted by Crippen LogP contribution is 2.82. The molecule has 23 heavy (non-hydrogen) atoms.